The quantitative estimate of drug-likeness (QED) is 0.174. The highest BCUT2D eigenvalue weighted by Crippen LogP contribution is 2.49. The van der Waals surface area contributed by atoms with Gasteiger partial charge in [0.1, 0.15) is 0 Å². The number of benzene rings is 7. The zero-order chi connectivity index (χ0) is 35.6. The number of rotatable bonds is 3. The molecule has 0 saturated heterocycles. The molecule has 0 amide bonds. The van der Waals surface area contributed by atoms with Crippen LogP contribution in [0.3, 0.4) is 0 Å². The molecule has 0 radical (unpaired) electrons. The molecule has 1 aliphatic carbocycles. The molecule has 3 heterocycles. The van der Waals surface area contributed by atoms with Crippen LogP contribution in [0, 0.1) is 0 Å². The number of para-hydroxylation sites is 2. The Bertz CT molecular complexity index is 3110. The predicted molar refractivity (Wildman–Crippen MR) is 229 cm³/mol. The highest BCUT2D eigenvalue weighted by molar-refractivity contribution is 7.25. The molecular formula is C50H40N2S. The Morgan fingerprint density at radius 3 is 1.79 bits per heavy atom. The summed E-state index contributed by atoms with van der Waals surface area (Å²) >= 11 is 1.88. The lowest BCUT2D eigenvalue weighted by molar-refractivity contribution is 0.332. The first-order chi connectivity index (χ1) is 25.7. The van der Waals surface area contributed by atoms with Gasteiger partial charge in [0.2, 0.25) is 0 Å². The zero-order valence-corrected chi connectivity index (χ0v) is 31.4. The molecule has 0 spiro atoms. The third-order valence-electron chi connectivity index (χ3n) is 12.4. The summed E-state index contributed by atoms with van der Waals surface area (Å²) in [6.07, 6.45) is 2.39. The second-order valence-corrected chi connectivity index (χ2v) is 17.5. The maximum absolute atomic E-state index is 2.55. The van der Waals surface area contributed by atoms with Gasteiger partial charge in [0.05, 0.1) is 22.1 Å². The van der Waals surface area contributed by atoms with Crippen LogP contribution in [0.15, 0.2) is 146 Å². The first-order valence-electron chi connectivity index (χ1n) is 18.9. The first-order valence-corrected chi connectivity index (χ1v) is 19.7. The summed E-state index contributed by atoms with van der Waals surface area (Å²) in [5.41, 5.74) is 13.1. The molecule has 10 aromatic rings. The maximum atomic E-state index is 2.55. The maximum Gasteiger partial charge on any atom is 0.0562 e. The van der Waals surface area contributed by atoms with Crippen molar-refractivity contribution >= 4 is 75.1 Å². The number of thiophene rings is 1. The molecule has 53 heavy (non-hydrogen) atoms. The standard InChI is InChI=1S/C50H40N2S/c1-49(2)23-24-50(3,4)42-29-44-40(28-41(42)49)39-27-38-35-17-8-10-19-43(35)52(45(38)30-46(39)51(44)33-14-6-5-7-15-33)34-16-12-13-31(25-34)32-21-22-37-36-18-9-11-20-47(36)53-48(37)26-32/h5-22,25-30H,23-24H2,1-4H3. The van der Waals surface area contributed by atoms with Crippen LogP contribution in [0.25, 0.3) is 86.3 Å². The van der Waals surface area contributed by atoms with Gasteiger partial charge in [-0.3, -0.25) is 0 Å². The van der Waals surface area contributed by atoms with Crippen LogP contribution in [-0.4, -0.2) is 9.13 Å². The SMILES string of the molecule is CC1(C)CCC(C)(C)c2cc3c(cc21)c1cc2c4ccccc4n(-c4cccc(-c5ccc6c(c5)sc5ccccc56)c4)c2cc1n3-c1ccccc1. The molecular weight excluding hydrogens is 661 g/mol. The Morgan fingerprint density at radius 1 is 0.396 bits per heavy atom. The Morgan fingerprint density at radius 2 is 0.981 bits per heavy atom. The zero-order valence-electron chi connectivity index (χ0n) is 30.6. The molecule has 3 heteroatoms. The fourth-order valence-electron chi connectivity index (χ4n) is 9.40. The number of hydrogen-bond acceptors (Lipinski definition) is 1. The normalized spacial score (nSPS) is 15.3. The van der Waals surface area contributed by atoms with Crippen LogP contribution >= 0.6 is 11.3 Å². The van der Waals surface area contributed by atoms with Gasteiger partial charge < -0.3 is 9.13 Å². The summed E-state index contributed by atoms with van der Waals surface area (Å²) in [5, 5.41) is 7.89. The van der Waals surface area contributed by atoms with E-state index >= 15 is 0 Å². The predicted octanol–water partition coefficient (Wildman–Crippen LogP) is 14.3. The Labute approximate surface area is 313 Å². The van der Waals surface area contributed by atoms with E-state index in [1.54, 1.807) is 0 Å². The van der Waals surface area contributed by atoms with Crippen LogP contribution in [0.4, 0.5) is 0 Å². The van der Waals surface area contributed by atoms with Gasteiger partial charge in [-0.05, 0) is 113 Å². The molecule has 0 saturated carbocycles. The minimum atomic E-state index is 0.126. The van der Waals surface area contributed by atoms with Gasteiger partial charge >= 0.3 is 0 Å². The summed E-state index contributed by atoms with van der Waals surface area (Å²) in [4.78, 5) is 0. The number of hydrogen-bond donors (Lipinski definition) is 0. The van der Waals surface area contributed by atoms with Crippen molar-refractivity contribution < 1.29 is 0 Å². The van der Waals surface area contributed by atoms with E-state index in [0.717, 1.165) is 0 Å². The molecule has 0 N–H and O–H groups in total. The number of aromatic nitrogens is 2. The average molecular weight is 701 g/mol. The van der Waals surface area contributed by atoms with E-state index in [2.05, 4.69) is 182 Å². The highest BCUT2D eigenvalue weighted by Gasteiger charge is 2.38. The van der Waals surface area contributed by atoms with E-state index in [4.69, 9.17) is 0 Å². The lowest BCUT2D eigenvalue weighted by Gasteiger charge is -2.42. The molecule has 0 aliphatic heterocycles. The van der Waals surface area contributed by atoms with Gasteiger partial charge in [-0.15, -0.1) is 11.3 Å². The van der Waals surface area contributed by atoms with E-state index in [-0.39, 0.29) is 10.8 Å². The molecule has 0 unspecified atom stereocenters. The van der Waals surface area contributed by atoms with E-state index in [1.165, 1.54) is 110 Å². The summed E-state index contributed by atoms with van der Waals surface area (Å²) in [6.45, 7) is 9.73. The highest BCUT2D eigenvalue weighted by atomic mass is 32.1. The van der Waals surface area contributed by atoms with Crippen LogP contribution in [-0.2, 0) is 10.8 Å². The lowest BCUT2D eigenvalue weighted by Crippen LogP contribution is -2.33. The molecule has 0 atom stereocenters. The van der Waals surface area contributed by atoms with E-state index in [0.29, 0.717) is 0 Å². The minimum Gasteiger partial charge on any atom is -0.309 e. The summed E-state index contributed by atoms with van der Waals surface area (Å²) < 4.78 is 7.66. The largest absolute Gasteiger partial charge is 0.309 e. The van der Waals surface area contributed by atoms with Crippen molar-refractivity contribution in [3.05, 3.63) is 157 Å². The van der Waals surface area contributed by atoms with Crippen molar-refractivity contribution in [3.8, 4) is 22.5 Å². The van der Waals surface area contributed by atoms with Gasteiger partial charge in [-0.25, -0.2) is 0 Å². The summed E-state index contributed by atoms with van der Waals surface area (Å²) in [5.74, 6) is 0. The lowest BCUT2D eigenvalue weighted by atomic mass is 9.63. The van der Waals surface area contributed by atoms with Gasteiger partial charge in [-0.1, -0.05) is 107 Å². The fraction of sp³-hybridized carbons (Fsp3) is 0.160. The first kappa shape index (κ1) is 30.9. The van der Waals surface area contributed by atoms with Crippen LogP contribution in [0.5, 0.6) is 0 Å². The second kappa shape index (κ2) is 10.9. The van der Waals surface area contributed by atoms with Gasteiger partial charge in [-0.2, -0.15) is 0 Å². The molecule has 11 rings (SSSR count). The number of nitrogens with zero attached hydrogens (tertiary/aromatic N) is 2. The average Bonchev–Trinajstić information content (AvgIpc) is 3.82. The molecule has 0 fully saturated rings. The molecule has 0 bridgehead atoms. The van der Waals surface area contributed by atoms with Crippen molar-refractivity contribution in [2.45, 2.75) is 51.4 Å². The smallest absolute Gasteiger partial charge is 0.0562 e. The molecule has 7 aromatic carbocycles. The third-order valence-corrected chi connectivity index (χ3v) is 13.5. The van der Waals surface area contributed by atoms with Crippen LogP contribution < -0.4 is 0 Å². The van der Waals surface area contributed by atoms with Crippen molar-refractivity contribution in [2.75, 3.05) is 0 Å². The van der Waals surface area contributed by atoms with Gasteiger partial charge in [0.25, 0.3) is 0 Å². The second-order valence-electron chi connectivity index (χ2n) is 16.5. The van der Waals surface area contributed by atoms with E-state index < -0.39 is 0 Å². The van der Waals surface area contributed by atoms with Gasteiger partial charge in [0.15, 0.2) is 0 Å². The van der Waals surface area contributed by atoms with Crippen LogP contribution in [0.2, 0.25) is 0 Å². The minimum absolute atomic E-state index is 0.126. The fourth-order valence-corrected chi connectivity index (χ4v) is 10.5. The Balaban J connectivity index is 1.19. The van der Waals surface area contributed by atoms with Crippen molar-refractivity contribution in [1.29, 1.82) is 0 Å². The van der Waals surface area contributed by atoms with Crippen LogP contribution in [0.1, 0.15) is 51.7 Å². The Kier molecular flexibility index (Phi) is 6.39. The third kappa shape index (κ3) is 4.50. The summed E-state index contributed by atoms with van der Waals surface area (Å²) in [6, 6.07) is 54.7. The monoisotopic (exact) mass is 700 g/mol. The van der Waals surface area contributed by atoms with Crippen molar-refractivity contribution in [3.63, 3.8) is 0 Å². The van der Waals surface area contributed by atoms with Gasteiger partial charge in [0, 0.05) is 53.1 Å². The van der Waals surface area contributed by atoms with Crippen molar-refractivity contribution in [2.24, 2.45) is 0 Å². The summed E-state index contributed by atoms with van der Waals surface area (Å²) in [7, 11) is 0. The van der Waals surface area contributed by atoms with E-state index in [9.17, 15) is 0 Å². The molecule has 3 aromatic heterocycles. The topological polar surface area (TPSA) is 9.86 Å². The number of fused-ring (bicyclic) bond motifs is 10. The van der Waals surface area contributed by atoms with E-state index in [1.807, 2.05) is 11.3 Å². The van der Waals surface area contributed by atoms with Crippen molar-refractivity contribution in [1.82, 2.24) is 9.13 Å². The molecule has 2 nitrogen and oxygen atoms in total. The molecule has 1 aliphatic rings. The molecule has 256 valence electrons. The Hall–Kier alpha value is -5.64.